The largest absolute Gasteiger partial charge is 0.277 e. The fourth-order valence-electron chi connectivity index (χ4n) is 2.44. The molecule has 0 fully saturated rings. The van der Waals surface area contributed by atoms with Gasteiger partial charge in [-0.15, -0.1) is 11.8 Å². The molecule has 20 heavy (non-hydrogen) atoms. The minimum atomic E-state index is 0.745. The van der Waals surface area contributed by atoms with Crippen LogP contribution in [0.25, 0.3) is 22.5 Å². The quantitative estimate of drug-likeness (QED) is 0.724. The molecular weight excluding hydrogens is 290 g/mol. The molecule has 4 rings (SSSR count). The molecule has 0 spiro atoms. The molecule has 5 heteroatoms. The van der Waals surface area contributed by atoms with Crippen molar-refractivity contribution in [2.24, 2.45) is 0 Å². The van der Waals surface area contributed by atoms with Gasteiger partial charge < -0.3 is 0 Å². The molecule has 3 heterocycles. The summed E-state index contributed by atoms with van der Waals surface area (Å²) in [5, 5.41) is 8.38. The SMILES string of the molecule is Clc1ccc2c(c1)-c1[nH]nc(-c3cccnc3)c1CS2. The number of nitrogens with zero attached hydrogens (tertiary/aromatic N) is 2. The van der Waals surface area contributed by atoms with Crippen LogP contribution in [0.5, 0.6) is 0 Å². The lowest BCUT2D eigenvalue weighted by molar-refractivity contribution is 1.09. The topological polar surface area (TPSA) is 41.6 Å². The molecule has 0 aliphatic carbocycles. The Kier molecular flexibility index (Phi) is 2.79. The Morgan fingerprint density at radius 3 is 3.05 bits per heavy atom. The van der Waals surface area contributed by atoms with Gasteiger partial charge in [0, 0.05) is 44.8 Å². The average Bonchev–Trinajstić information content (AvgIpc) is 2.92. The van der Waals surface area contributed by atoms with E-state index >= 15 is 0 Å². The normalized spacial score (nSPS) is 12.8. The fourth-order valence-corrected chi connectivity index (χ4v) is 3.68. The van der Waals surface area contributed by atoms with Crippen LogP contribution in [-0.4, -0.2) is 15.2 Å². The Bertz CT molecular complexity index is 783. The lowest BCUT2D eigenvalue weighted by Gasteiger charge is -2.16. The van der Waals surface area contributed by atoms with Gasteiger partial charge in [0.25, 0.3) is 0 Å². The minimum absolute atomic E-state index is 0.745. The molecule has 0 saturated heterocycles. The van der Waals surface area contributed by atoms with Crippen LogP contribution in [-0.2, 0) is 5.75 Å². The molecule has 0 bridgehead atoms. The summed E-state index contributed by atoms with van der Waals surface area (Å²) in [7, 11) is 0. The van der Waals surface area contributed by atoms with E-state index in [2.05, 4.69) is 21.2 Å². The highest BCUT2D eigenvalue weighted by atomic mass is 35.5. The molecule has 0 amide bonds. The summed E-state index contributed by atoms with van der Waals surface area (Å²) >= 11 is 7.93. The second-order valence-corrected chi connectivity index (χ2v) is 6.05. The molecule has 1 aromatic carbocycles. The van der Waals surface area contributed by atoms with E-state index in [1.165, 1.54) is 10.5 Å². The van der Waals surface area contributed by atoms with Crippen LogP contribution in [0.4, 0.5) is 0 Å². The summed E-state index contributed by atoms with van der Waals surface area (Å²) in [4.78, 5) is 5.41. The molecule has 0 atom stereocenters. The predicted molar refractivity (Wildman–Crippen MR) is 81.8 cm³/mol. The predicted octanol–water partition coefficient (Wildman–Crippen LogP) is 4.40. The van der Waals surface area contributed by atoms with Crippen molar-refractivity contribution < 1.29 is 0 Å². The second kappa shape index (κ2) is 4.65. The van der Waals surface area contributed by atoms with Crippen molar-refractivity contribution in [3.05, 3.63) is 53.3 Å². The fraction of sp³-hybridized carbons (Fsp3) is 0.0667. The van der Waals surface area contributed by atoms with E-state index in [9.17, 15) is 0 Å². The van der Waals surface area contributed by atoms with Crippen LogP contribution in [0.3, 0.4) is 0 Å². The van der Waals surface area contributed by atoms with E-state index in [1.807, 2.05) is 42.2 Å². The highest BCUT2D eigenvalue weighted by molar-refractivity contribution is 7.98. The summed E-state index contributed by atoms with van der Waals surface area (Å²) in [6.07, 6.45) is 3.61. The van der Waals surface area contributed by atoms with Crippen LogP contribution >= 0.6 is 23.4 Å². The first-order chi connectivity index (χ1) is 9.83. The van der Waals surface area contributed by atoms with E-state index < -0.39 is 0 Å². The Hall–Kier alpha value is -1.78. The van der Waals surface area contributed by atoms with E-state index in [4.69, 9.17) is 11.6 Å². The van der Waals surface area contributed by atoms with Crippen molar-refractivity contribution in [1.82, 2.24) is 15.2 Å². The number of fused-ring (bicyclic) bond motifs is 3. The molecule has 1 N–H and O–H groups in total. The van der Waals surface area contributed by atoms with Crippen LogP contribution in [0, 0.1) is 0 Å². The molecular formula is C15H10ClN3S. The molecule has 1 aliphatic rings. The summed E-state index contributed by atoms with van der Waals surface area (Å²) in [5.74, 6) is 0.907. The van der Waals surface area contributed by atoms with Gasteiger partial charge in [0.15, 0.2) is 0 Å². The van der Waals surface area contributed by atoms with Gasteiger partial charge in [-0.05, 0) is 30.3 Å². The first-order valence-electron chi connectivity index (χ1n) is 6.23. The number of thioether (sulfide) groups is 1. The number of hydrogen-bond acceptors (Lipinski definition) is 3. The van der Waals surface area contributed by atoms with Gasteiger partial charge in [-0.3, -0.25) is 10.1 Å². The Morgan fingerprint density at radius 2 is 2.20 bits per heavy atom. The number of nitrogens with one attached hydrogen (secondary N) is 1. The molecule has 1 aliphatic heterocycles. The minimum Gasteiger partial charge on any atom is -0.277 e. The third-order valence-electron chi connectivity index (χ3n) is 3.39. The average molecular weight is 300 g/mol. The van der Waals surface area contributed by atoms with Crippen molar-refractivity contribution in [1.29, 1.82) is 0 Å². The molecule has 0 radical (unpaired) electrons. The van der Waals surface area contributed by atoms with E-state index in [0.717, 1.165) is 33.3 Å². The smallest absolute Gasteiger partial charge is 0.0983 e. The van der Waals surface area contributed by atoms with Crippen molar-refractivity contribution in [3.8, 4) is 22.5 Å². The number of aromatic nitrogens is 3. The zero-order chi connectivity index (χ0) is 13.5. The molecule has 0 saturated carbocycles. The highest BCUT2D eigenvalue weighted by Gasteiger charge is 2.23. The standard InChI is InChI=1S/C15H10ClN3S/c16-10-3-4-13-11(6-10)15-12(8-20-13)14(18-19-15)9-2-1-5-17-7-9/h1-7H,8H2,(H,18,19). The third kappa shape index (κ3) is 1.84. The summed E-state index contributed by atoms with van der Waals surface area (Å²) in [6, 6.07) is 9.94. The van der Waals surface area contributed by atoms with Gasteiger partial charge in [-0.2, -0.15) is 5.10 Å². The number of rotatable bonds is 1. The summed E-state index contributed by atoms with van der Waals surface area (Å²) in [6.45, 7) is 0. The number of hydrogen-bond donors (Lipinski definition) is 1. The third-order valence-corrected chi connectivity index (χ3v) is 4.72. The monoisotopic (exact) mass is 299 g/mol. The van der Waals surface area contributed by atoms with Crippen molar-refractivity contribution in [3.63, 3.8) is 0 Å². The van der Waals surface area contributed by atoms with Crippen molar-refractivity contribution in [2.75, 3.05) is 0 Å². The van der Waals surface area contributed by atoms with Crippen molar-refractivity contribution >= 4 is 23.4 Å². The maximum absolute atomic E-state index is 6.11. The zero-order valence-electron chi connectivity index (χ0n) is 10.4. The van der Waals surface area contributed by atoms with Gasteiger partial charge in [0.2, 0.25) is 0 Å². The molecule has 0 unspecified atom stereocenters. The number of pyridine rings is 1. The Balaban J connectivity index is 1.91. The Labute approximate surface area is 125 Å². The first kappa shape index (κ1) is 12.0. The summed E-state index contributed by atoms with van der Waals surface area (Å²) < 4.78 is 0. The number of halogens is 1. The van der Waals surface area contributed by atoms with Crippen molar-refractivity contribution in [2.45, 2.75) is 10.6 Å². The highest BCUT2D eigenvalue weighted by Crippen LogP contribution is 2.44. The molecule has 2 aromatic heterocycles. The van der Waals surface area contributed by atoms with Gasteiger partial charge in [0.1, 0.15) is 0 Å². The van der Waals surface area contributed by atoms with Crippen LogP contribution < -0.4 is 0 Å². The lowest BCUT2D eigenvalue weighted by atomic mass is 10.0. The van der Waals surface area contributed by atoms with E-state index in [1.54, 1.807) is 6.20 Å². The van der Waals surface area contributed by atoms with Gasteiger partial charge in [-0.1, -0.05) is 11.6 Å². The second-order valence-electron chi connectivity index (χ2n) is 4.60. The van der Waals surface area contributed by atoms with Crippen LogP contribution in [0.1, 0.15) is 5.56 Å². The maximum atomic E-state index is 6.11. The maximum Gasteiger partial charge on any atom is 0.0983 e. The van der Waals surface area contributed by atoms with E-state index in [-0.39, 0.29) is 0 Å². The first-order valence-corrected chi connectivity index (χ1v) is 7.59. The molecule has 3 aromatic rings. The number of H-pyrrole nitrogens is 1. The zero-order valence-corrected chi connectivity index (χ0v) is 12.0. The van der Waals surface area contributed by atoms with Gasteiger partial charge in [-0.25, -0.2) is 0 Å². The van der Waals surface area contributed by atoms with Crippen LogP contribution in [0.2, 0.25) is 5.02 Å². The van der Waals surface area contributed by atoms with Crippen LogP contribution in [0.15, 0.2) is 47.6 Å². The van der Waals surface area contributed by atoms with Gasteiger partial charge >= 0.3 is 0 Å². The van der Waals surface area contributed by atoms with E-state index in [0.29, 0.717) is 0 Å². The number of benzene rings is 1. The van der Waals surface area contributed by atoms with Gasteiger partial charge in [0.05, 0.1) is 11.4 Å². The molecule has 3 nitrogen and oxygen atoms in total. The summed E-state index contributed by atoms with van der Waals surface area (Å²) in [5.41, 5.74) is 5.44. The lowest BCUT2D eigenvalue weighted by Crippen LogP contribution is -1.95. The Morgan fingerprint density at radius 1 is 1.25 bits per heavy atom. The molecule has 98 valence electrons. The number of aromatic amines is 1.